The van der Waals surface area contributed by atoms with Gasteiger partial charge in [0.1, 0.15) is 0 Å². The van der Waals surface area contributed by atoms with Crippen LogP contribution in [0.15, 0.2) is 30.3 Å². The number of amides is 1. The largest absolute Gasteiger partial charge is 0.481 e. The Hall–Kier alpha value is -2.17. The fraction of sp³-hybridized carbons (Fsp3) is 0.308. The summed E-state index contributed by atoms with van der Waals surface area (Å²) in [5.41, 5.74) is 0.496. The lowest BCUT2D eigenvalue weighted by molar-refractivity contribution is -0.137. The molecule has 0 unspecified atom stereocenters. The predicted octanol–water partition coefficient (Wildman–Crippen LogP) is 1.24. The molecular formula is C13H15NO4. The molecule has 1 aromatic carbocycles. The van der Waals surface area contributed by atoms with Crippen LogP contribution in [0.4, 0.5) is 0 Å². The van der Waals surface area contributed by atoms with Crippen LogP contribution in [0.2, 0.25) is 0 Å². The molecule has 0 heterocycles. The number of carbonyl (C=O) groups excluding carboxylic acids is 2. The van der Waals surface area contributed by atoms with Crippen LogP contribution in [0.25, 0.3) is 0 Å². The summed E-state index contributed by atoms with van der Waals surface area (Å²) >= 11 is 0. The number of carbonyl (C=O) groups is 3. The van der Waals surface area contributed by atoms with E-state index < -0.39 is 5.97 Å². The summed E-state index contributed by atoms with van der Waals surface area (Å²) in [7, 11) is 0. The molecule has 5 heteroatoms. The Morgan fingerprint density at radius 2 is 1.72 bits per heavy atom. The Labute approximate surface area is 105 Å². The van der Waals surface area contributed by atoms with E-state index in [1.165, 1.54) is 0 Å². The molecule has 18 heavy (non-hydrogen) atoms. The third-order valence-corrected chi connectivity index (χ3v) is 2.33. The fourth-order valence-corrected chi connectivity index (χ4v) is 1.40. The first kappa shape index (κ1) is 13.9. The third-order valence-electron chi connectivity index (χ3n) is 2.33. The number of carboxylic acid groups (broad SMARTS) is 1. The van der Waals surface area contributed by atoms with Crippen LogP contribution in [0.3, 0.4) is 0 Å². The molecule has 1 amide bonds. The van der Waals surface area contributed by atoms with E-state index in [4.69, 9.17) is 5.11 Å². The van der Waals surface area contributed by atoms with Crippen molar-refractivity contribution in [2.24, 2.45) is 0 Å². The highest BCUT2D eigenvalue weighted by Crippen LogP contribution is 1.99. The molecule has 0 radical (unpaired) electrons. The van der Waals surface area contributed by atoms with E-state index in [1.807, 2.05) is 0 Å². The molecule has 1 rings (SSSR count). The monoisotopic (exact) mass is 249 g/mol. The number of ketones is 1. The normalized spacial score (nSPS) is 9.78. The molecule has 0 bridgehead atoms. The molecule has 0 aliphatic carbocycles. The van der Waals surface area contributed by atoms with Crippen LogP contribution in [0.5, 0.6) is 0 Å². The maximum atomic E-state index is 11.6. The summed E-state index contributed by atoms with van der Waals surface area (Å²) in [6, 6.07) is 8.59. The highest BCUT2D eigenvalue weighted by Gasteiger charge is 2.08. The quantitative estimate of drug-likeness (QED) is 0.761. The van der Waals surface area contributed by atoms with Crippen LogP contribution in [0.1, 0.15) is 29.6 Å². The van der Waals surface area contributed by atoms with Gasteiger partial charge in [0, 0.05) is 18.4 Å². The van der Waals surface area contributed by atoms with E-state index in [0.29, 0.717) is 12.0 Å². The minimum atomic E-state index is -0.920. The maximum Gasteiger partial charge on any atom is 0.303 e. The second-order valence-corrected chi connectivity index (χ2v) is 3.83. The zero-order chi connectivity index (χ0) is 13.4. The van der Waals surface area contributed by atoms with Gasteiger partial charge < -0.3 is 10.4 Å². The summed E-state index contributed by atoms with van der Waals surface area (Å²) in [6.45, 7) is -0.0622. The van der Waals surface area contributed by atoms with Crippen molar-refractivity contribution in [2.45, 2.75) is 19.3 Å². The van der Waals surface area contributed by atoms with Gasteiger partial charge in [0.15, 0.2) is 5.78 Å². The van der Waals surface area contributed by atoms with Crippen LogP contribution < -0.4 is 5.32 Å². The smallest absolute Gasteiger partial charge is 0.303 e. The Morgan fingerprint density at radius 3 is 2.33 bits per heavy atom. The van der Waals surface area contributed by atoms with Crippen molar-refractivity contribution in [1.29, 1.82) is 0 Å². The van der Waals surface area contributed by atoms with Gasteiger partial charge in [-0.1, -0.05) is 18.2 Å². The molecule has 5 nitrogen and oxygen atoms in total. The molecule has 96 valence electrons. The molecule has 0 saturated carbocycles. The average Bonchev–Trinajstić information content (AvgIpc) is 2.36. The van der Waals surface area contributed by atoms with E-state index in [-0.39, 0.29) is 31.1 Å². The van der Waals surface area contributed by atoms with Crippen LogP contribution in [0, 0.1) is 0 Å². The van der Waals surface area contributed by atoms with E-state index in [2.05, 4.69) is 5.32 Å². The van der Waals surface area contributed by atoms with E-state index >= 15 is 0 Å². The summed E-state index contributed by atoms with van der Waals surface area (Å²) in [5, 5.41) is 10.9. The van der Waals surface area contributed by atoms with Crippen molar-refractivity contribution >= 4 is 17.7 Å². The Kier molecular flexibility index (Phi) is 5.57. The molecule has 1 aromatic rings. The Balaban J connectivity index is 2.26. The molecule has 0 fully saturated rings. The van der Waals surface area contributed by atoms with Crippen molar-refractivity contribution < 1.29 is 19.5 Å². The third kappa shape index (κ3) is 5.25. The minimum Gasteiger partial charge on any atom is -0.481 e. The van der Waals surface area contributed by atoms with Gasteiger partial charge >= 0.3 is 5.97 Å². The number of carboxylic acids is 1. The molecule has 0 aliphatic heterocycles. The Morgan fingerprint density at radius 1 is 1.06 bits per heavy atom. The van der Waals surface area contributed by atoms with E-state index in [1.54, 1.807) is 30.3 Å². The van der Waals surface area contributed by atoms with Gasteiger partial charge in [-0.05, 0) is 18.6 Å². The number of hydrogen-bond donors (Lipinski definition) is 2. The molecular weight excluding hydrogens is 234 g/mol. The number of aliphatic carboxylic acids is 1. The van der Waals surface area contributed by atoms with Crippen molar-refractivity contribution in [1.82, 2.24) is 5.32 Å². The zero-order valence-corrected chi connectivity index (χ0v) is 9.89. The highest BCUT2D eigenvalue weighted by molar-refractivity contribution is 5.96. The van der Waals surface area contributed by atoms with Crippen molar-refractivity contribution in [3.63, 3.8) is 0 Å². The molecule has 0 aromatic heterocycles. The van der Waals surface area contributed by atoms with Crippen LogP contribution in [-0.4, -0.2) is 29.3 Å². The standard InChI is InChI=1S/C13H15NO4/c15-11(7-4-8-12(16)17)9-14-13(18)10-5-2-1-3-6-10/h1-3,5-6H,4,7-9H2,(H,14,18)(H,16,17). The van der Waals surface area contributed by atoms with Crippen molar-refractivity contribution in [3.05, 3.63) is 35.9 Å². The van der Waals surface area contributed by atoms with Crippen LogP contribution >= 0.6 is 0 Å². The summed E-state index contributed by atoms with van der Waals surface area (Å²) in [4.78, 5) is 33.2. The predicted molar refractivity (Wildman–Crippen MR) is 65.3 cm³/mol. The second-order valence-electron chi connectivity index (χ2n) is 3.83. The molecule has 0 aliphatic rings. The van der Waals surface area contributed by atoms with Gasteiger partial charge in [0.25, 0.3) is 5.91 Å². The highest BCUT2D eigenvalue weighted by atomic mass is 16.4. The first-order valence-corrected chi connectivity index (χ1v) is 5.66. The second kappa shape index (κ2) is 7.21. The lowest BCUT2D eigenvalue weighted by Gasteiger charge is -2.04. The molecule has 0 atom stereocenters. The molecule has 0 saturated heterocycles. The first-order chi connectivity index (χ1) is 8.59. The van der Waals surface area contributed by atoms with Crippen LogP contribution in [-0.2, 0) is 9.59 Å². The van der Waals surface area contributed by atoms with Gasteiger partial charge in [-0.2, -0.15) is 0 Å². The van der Waals surface area contributed by atoms with Gasteiger partial charge in [0.2, 0.25) is 0 Å². The number of hydrogen-bond acceptors (Lipinski definition) is 3. The summed E-state index contributed by atoms with van der Waals surface area (Å²) < 4.78 is 0. The molecule has 2 N–H and O–H groups in total. The maximum absolute atomic E-state index is 11.6. The zero-order valence-electron chi connectivity index (χ0n) is 9.89. The van der Waals surface area contributed by atoms with Gasteiger partial charge in [-0.3, -0.25) is 14.4 Å². The fourth-order valence-electron chi connectivity index (χ4n) is 1.40. The average molecular weight is 249 g/mol. The first-order valence-electron chi connectivity index (χ1n) is 5.66. The SMILES string of the molecule is O=C(O)CCCC(=O)CNC(=O)c1ccccc1. The Bertz CT molecular complexity index is 428. The molecule has 0 spiro atoms. The van der Waals surface area contributed by atoms with E-state index in [0.717, 1.165) is 0 Å². The van der Waals surface area contributed by atoms with Crippen molar-refractivity contribution in [2.75, 3.05) is 6.54 Å². The van der Waals surface area contributed by atoms with Crippen molar-refractivity contribution in [3.8, 4) is 0 Å². The van der Waals surface area contributed by atoms with E-state index in [9.17, 15) is 14.4 Å². The van der Waals surface area contributed by atoms with Gasteiger partial charge in [0.05, 0.1) is 6.54 Å². The number of rotatable bonds is 7. The number of nitrogens with one attached hydrogen (secondary N) is 1. The summed E-state index contributed by atoms with van der Waals surface area (Å²) in [5.74, 6) is -1.39. The van der Waals surface area contributed by atoms with Gasteiger partial charge in [-0.25, -0.2) is 0 Å². The lowest BCUT2D eigenvalue weighted by Crippen LogP contribution is -2.29. The van der Waals surface area contributed by atoms with Gasteiger partial charge in [-0.15, -0.1) is 0 Å². The number of Topliss-reactive ketones (excluding diaryl/α,β-unsaturated/α-hetero) is 1. The lowest BCUT2D eigenvalue weighted by atomic mass is 10.1. The topological polar surface area (TPSA) is 83.5 Å². The number of benzene rings is 1. The summed E-state index contributed by atoms with van der Waals surface area (Å²) in [6.07, 6.45) is 0.440. The minimum absolute atomic E-state index is 0.0294.